The van der Waals surface area contributed by atoms with Gasteiger partial charge >= 0.3 is 0 Å². The number of hydrogen-bond donors (Lipinski definition) is 1. The maximum atomic E-state index is 11.0. The molecule has 1 amide bonds. The summed E-state index contributed by atoms with van der Waals surface area (Å²) in [5.41, 5.74) is 7.05. The lowest BCUT2D eigenvalue weighted by Gasteiger charge is -2.14. The van der Waals surface area contributed by atoms with E-state index in [1.54, 1.807) is 18.2 Å². The average molecular weight is 395 g/mol. The Morgan fingerprint density at radius 1 is 1.25 bits per heavy atom. The van der Waals surface area contributed by atoms with Crippen LogP contribution in [0.15, 0.2) is 36.4 Å². The number of aromatic nitrogens is 1. The Bertz CT molecular complexity index is 1040. The summed E-state index contributed by atoms with van der Waals surface area (Å²) < 4.78 is 17.1. The van der Waals surface area contributed by atoms with E-state index in [2.05, 4.69) is 11.1 Å². The molecule has 0 bridgehead atoms. The third kappa shape index (κ3) is 4.05. The zero-order valence-corrected chi connectivity index (χ0v) is 16.1. The number of thiazole rings is 1. The smallest absolute Gasteiger partial charge is 0.255 e. The van der Waals surface area contributed by atoms with Crippen LogP contribution in [-0.4, -0.2) is 31.7 Å². The fourth-order valence-corrected chi connectivity index (χ4v) is 3.50. The number of amides is 1. The summed E-state index contributed by atoms with van der Waals surface area (Å²) in [5.74, 6) is 0.358. The third-order valence-electron chi connectivity index (χ3n) is 3.80. The van der Waals surface area contributed by atoms with Crippen LogP contribution in [0.5, 0.6) is 17.2 Å². The van der Waals surface area contributed by atoms with Crippen LogP contribution in [-0.2, 0) is 4.79 Å². The summed E-state index contributed by atoms with van der Waals surface area (Å²) in [7, 11) is 2.94. The topological polar surface area (TPSA) is 107 Å². The van der Waals surface area contributed by atoms with Gasteiger partial charge < -0.3 is 19.9 Å². The monoisotopic (exact) mass is 395 g/mol. The second-order valence-electron chi connectivity index (χ2n) is 5.67. The van der Waals surface area contributed by atoms with Gasteiger partial charge in [-0.25, -0.2) is 4.98 Å². The highest BCUT2D eigenvalue weighted by atomic mass is 32.1. The Morgan fingerprint density at radius 2 is 1.93 bits per heavy atom. The number of carbonyl (C=O) groups excluding carboxylic acids is 1. The van der Waals surface area contributed by atoms with Gasteiger partial charge in [0.1, 0.15) is 11.1 Å². The Balaban J connectivity index is 2.03. The van der Waals surface area contributed by atoms with Crippen molar-refractivity contribution in [3.63, 3.8) is 0 Å². The van der Waals surface area contributed by atoms with Crippen molar-refractivity contribution in [1.82, 2.24) is 4.98 Å². The van der Waals surface area contributed by atoms with Gasteiger partial charge in [-0.3, -0.25) is 4.79 Å². The number of nitrogens with two attached hydrogens (primary N) is 1. The molecule has 0 radical (unpaired) electrons. The van der Waals surface area contributed by atoms with Gasteiger partial charge in [0.15, 0.2) is 18.1 Å². The van der Waals surface area contributed by atoms with E-state index in [9.17, 15) is 10.1 Å². The van der Waals surface area contributed by atoms with Crippen molar-refractivity contribution in [1.29, 1.82) is 5.26 Å². The quantitative estimate of drug-likeness (QED) is 0.615. The third-order valence-corrected chi connectivity index (χ3v) is 4.87. The van der Waals surface area contributed by atoms with Gasteiger partial charge in [0.05, 0.1) is 30.0 Å². The first-order valence-corrected chi connectivity index (χ1v) is 9.02. The molecular weight excluding hydrogens is 378 g/mol. The first-order chi connectivity index (χ1) is 13.5. The molecule has 0 atom stereocenters. The minimum atomic E-state index is -0.615. The molecule has 3 aromatic rings. The summed E-state index contributed by atoms with van der Waals surface area (Å²) in [6.45, 7) is -0.308. The molecule has 0 aliphatic heterocycles. The van der Waals surface area contributed by atoms with Crippen LogP contribution in [0.1, 0.15) is 10.6 Å². The highest BCUT2D eigenvalue weighted by Crippen LogP contribution is 2.39. The summed E-state index contributed by atoms with van der Waals surface area (Å²) in [5, 5.41) is 10.2. The predicted octanol–water partition coefficient (Wildman–Crippen LogP) is 3.24. The van der Waals surface area contributed by atoms with Crippen molar-refractivity contribution >= 4 is 39.1 Å². The summed E-state index contributed by atoms with van der Waals surface area (Å²) >= 11 is 1.44. The molecule has 0 fully saturated rings. The number of ether oxygens (including phenoxy) is 3. The van der Waals surface area contributed by atoms with Gasteiger partial charge in [-0.15, -0.1) is 11.3 Å². The van der Waals surface area contributed by atoms with Crippen LogP contribution in [0.25, 0.3) is 21.9 Å². The van der Waals surface area contributed by atoms with Crippen molar-refractivity contribution in [2.24, 2.45) is 5.73 Å². The average Bonchev–Trinajstić information content (AvgIpc) is 3.13. The molecule has 0 saturated heterocycles. The Morgan fingerprint density at radius 3 is 2.50 bits per heavy atom. The molecule has 0 spiro atoms. The van der Waals surface area contributed by atoms with E-state index < -0.39 is 5.91 Å². The molecule has 0 aliphatic rings. The molecule has 0 saturated carbocycles. The van der Waals surface area contributed by atoms with Gasteiger partial charge in [-0.1, -0.05) is 12.1 Å². The van der Waals surface area contributed by atoms with Gasteiger partial charge in [0, 0.05) is 0 Å². The standard InChI is InChI=1S/C20H17N3O4S/c1-25-15-8-12(9-16(26-2)19(15)27-11-18(22)24)7-13(10-21)20-23-14-5-3-4-6-17(14)28-20/h3-9H,11H2,1-2H3,(H2,22,24)/b13-7+. The summed E-state index contributed by atoms with van der Waals surface area (Å²) in [6.07, 6.45) is 1.70. The van der Waals surface area contributed by atoms with E-state index in [1.807, 2.05) is 24.3 Å². The maximum Gasteiger partial charge on any atom is 0.255 e. The zero-order chi connectivity index (χ0) is 20.1. The SMILES string of the molecule is COc1cc(/C=C(\C#N)c2nc3ccccc3s2)cc(OC)c1OCC(N)=O. The molecule has 28 heavy (non-hydrogen) atoms. The second kappa shape index (κ2) is 8.41. The van der Waals surface area contributed by atoms with Crippen molar-refractivity contribution in [2.75, 3.05) is 20.8 Å². The molecule has 8 heteroatoms. The van der Waals surface area contributed by atoms with E-state index in [0.29, 0.717) is 27.6 Å². The van der Waals surface area contributed by atoms with E-state index in [1.165, 1.54) is 25.6 Å². The molecule has 1 aromatic heterocycles. The zero-order valence-electron chi connectivity index (χ0n) is 15.3. The van der Waals surface area contributed by atoms with Gasteiger partial charge in [0.2, 0.25) is 5.75 Å². The number of methoxy groups -OCH3 is 2. The van der Waals surface area contributed by atoms with Crippen molar-refractivity contribution < 1.29 is 19.0 Å². The number of primary amides is 1. The van der Waals surface area contributed by atoms with Crippen LogP contribution in [0.4, 0.5) is 0 Å². The Hall–Kier alpha value is -3.57. The molecule has 2 aromatic carbocycles. The maximum absolute atomic E-state index is 11.0. The van der Waals surface area contributed by atoms with E-state index in [4.69, 9.17) is 19.9 Å². The minimum Gasteiger partial charge on any atom is -0.493 e. The lowest BCUT2D eigenvalue weighted by atomic mass is 10.1. The van der Waals surface area contributed by atoms with Crippen LogP contribution < -0.4 is 19.9 Å². The first-order valence-electron chi connectivity index (χ1n) is 8.20. The number of rotatable bonds is 7. The largest absolute Gasteiger partial charge is 0.493 e. The number of benzene rings is 2. The van der Waals surface area contributed by atoms with Crippen LogP contribution in [0.3, 0.4) is 0 Å². The highest BCUT2D eigenvalue weighted by molar-refractivity contribution is 7.19. The van der Waals surface area contributed by atoms with Crippen LogP contribution in [0, 0.1) is 11.3 Å². The van der Waals surface area contributed by atoms with Crippen molar-refractivity contribution in [3.8, 4) is 23.3 Å². The number of nitriles is 1. The molecule has 2 N–H and O–H groups in total. The summed E-state index contributed by atoms with van der Waals surface area (Å²) in [6, 6.07) is 13.3. The highest BCUT2D eigenvalue weighted by Gasteiger charge is 2.16. The number of hydrogen-bond acceptors (Lipinski definition) is 7. The van der Waals surface area contributed by atoms with E-state index >= 15 is 0 Å². The van der Waals surface area contributed by atoms with Crippen LogP contribution in [0.2, 0.25) is 0 Å². The summed E-state index contributed by atoms with van der Waals surface area (Å²) in [4.78, 5) is 15.5. The molecule has 3 rings (SSSR count). The van der Waals surface area contributed by atoms with Crippen molar-refractivity contribution in [2.45, 2.75) is 0 Å². The number of nitrogens with zero attached hydrogens (tertiary/aromatic N) is 2. The molecule has 0 aliphatic carbocycles. The van der Waals surface area contributed by atoms with Gasteiger partial charge in [-0.2, -0.15) is 5.26 Å². The lowest BCUT2D eigenvalue weighted by Crippen LogP contribution is -2.20. The van der Waals surface area contributed by atoms with E-state index in [0.717, 1.165) is 10.2 Å². The van der Waals surface area contributed by atoms with Gasteiger partial charge in [0.25, 0.3) is 5.91 Å². The normalized spacial score (nSPS) is 11.1. The fraction of sp³-hybridized carbons (Fsp3) is 0.150. The van der Waals surface area contributed by atoms with Gasteiger partial charge in [-0.05, 0) is 35.9 Å². The number of para-hydroxylation sites is 1. The molecular formula is C20H17N3O4S. The number of allylic oxidation sites excluding steroid dienone is 1. The molecule has 0 unspecified atom stereocenters. The fourth-order valence-electron chi connectivity index (χ4n) is 2.56. The van der Waals surface area contributed by atoms with E-state index in [-0.39, 0.29) is 12.4 Å². The van der Waals surface area contributed by atoms with Crippen LogP contribution >= 0.6 is 11.3 Å². The van der Waals surface area contributed by atoms with Crippen molar-refractivity contribution in [3.05, 3.63) is 47.0 Å². The Labute approximate surface area is 165 Å². The first kappa shape index (κ1) is 19.2. The Kier molecular flexibility index (Phi) is 5.77. The minimum absolute atomic E-state index is 0.263. The molecule has 1 heterocycles. The lowest BCUT2D eigenvalue weighted by molar-refractivity contribution is -0.119. The number of fused-ring (bicyclic) bond motifs is 1. The predicted molar refractivity (Wildman–Crippen MR) is 107 cm³/mol. The second-order valence-corrected chi connectivity index (χ2v) is 6.70. The molecule has 7 nitrogen and oxygen atoms in total. The molecule has 142 valence electrons. The number of carbonyl (C=O) groups is 1.